The van der Waals surface area contributed by atoms with Crippen LogP contribution < -0.4 is 16.0 Å². The van der Waals surface area contributed by atoms with Gasteiger partial charge in [-0.05, 0) is 35.8 Å². The summed E-state index contributed by atoms with van der Waals surface area (Å²) in [5, 5.41) is 18.5. The summed E-state index contributed by atoms with van der Waals surface area (Å²) in [5.41, 5.74) is 2.54. The van der Waals surface area contributed by atoms with Crippen molar-refractivity contribution in [2.24, 2.45) is 5.92 Å². The van der Waals surface area contributed by atoms with Crippen molar-refractivity contribution in [3.05, 3.63) is 54.8 Å². The Morgan fingerprint density at radius 1 is 1.27 bits per heavy atom. The van der Waals surface area contributed by atoms with Crippen molar-refractivity contribution in [2.45, 2.75) is 19.9 Å². The van der Waals surface area contributed by atoms with Crippen molar-refractivity contribution in [1.29, 1.82) is 5.26 Å². The third-order valence-corrected chi connectivity index (χ3v) is 3.38. The van der Waals surface area contributed by atoms with E-state index in [9.17, 15) is 0 Å². The van der Waals surface area contributed by atoms with E-state index in [-0.39, 0.29) is 18.5 Å². The first-order chi connectivity index (χ1) is 10.5. The molecule has 0 aliphatic carbocycles. The van der Waals surface area contributed by atoms with E-state index in [1.807, 2.05) is 36.4 Å². The van der Waals surface area contributed by atoms with Crippen molar-refractivity contribution in [1.82, 2.24) is 10.6 Å². The largest absolute Gasteiger partial charge is 0.374 e. The van der Waals surface area contributed by atoms with Crippen LogP contribution in [0.4, 0.5) is 5.69 Å². The van der Waals surface area contributed by atoms with Gasteiger partial charge in [-0.3, -0.25) is 0 Å². The molecular weight excluding hydrogens is 292 g/mol. The van der Waals surface area contributed by atoms with Gasteiger partial charge in [0, 0.05) is 11.4 Å². The number of rotatable bonds is 7. The fourth-order valence-corrected chi connectivity index (χ4v) is 2.05. The third kappa shape index (κ3) is 5.58. The Kier molecular flexibility index (Phi) is 7.14. The first-order valence-corrected chi connectivity index (χ1v) is 7.47. The summed E-state index contributed by atoms with van der Waals surface area (Å²) in [4.78, 5) is 0. The van der Waals surface area contributed by atoms with Gasteiger partial charge < -0.3 is 16.0 Å². The molecule has 0 aliphatic heterocycles. The van der Waals surface area contributed by atoms with Gasteiger partial charge >= 0.3 is 0 Å². The molecule has 5 heteroatoms. The Morgan fingerprint density at radius 3 is 2.45 bits per heavy atom. The molecule has 1 rings (SSSR count). The maximum Gasteiger partial charge on any atom is 0.171 e. The van der Waals surface area contributed by atoms with Crippen LogP contribution in [0.15, 0.2) is 54.8 Å². The molecular formula is C17H22N4S. The van der Waals surface area contributed by atoms with Gasteiger partial charge in [0.25, 0.3) is 0 Å². The van der Waals surface area contributed by atoms with Gasteiger partial charge in [0.1, 0.15) is 6.54 Å². The number of nitrogens with one attached hydrogen (secondary N) is 3. The Labute approximate surface area is 137 Å². The van der Waals surface area contributed by atoms with Crippen LogP contribution in [0.2, 0.25) is 0 Å². The Bertz CT molecular complexity index is 572. The van der Waals surface area contributed by atoms with Gasteiger partial charge in [-0.15, -0.1) is 0 Å². The summed E-state index contributed by atoms with van der Waals surface area (Å²) in [6.45, 7) is 12.4. The minimum absolute atomic E-state index is 0.196. The molecule has 0 radical (unpaired) electrons. The third-order valence-electron chi connectivity index (χ3n) is 3.16. The van der Waals surface area contributed by atoms with Gasteiger partial charge in [0.15, 0.2) is 5.11 Å². The molecule has 0 unspecified atom stereocenters. The van der Waals surface area contributed by atoms with Gasteiger partial charge in [-0.1, -0.05) is 45.2 Å². The molecule has 0 saturated carbocycles. The second-order valence-corrected chi connectivity index (χ2v) is 5.57. The van der Waals surface area contributed by atoms with E-state index in [1.54, 1.807) is 0 Å². The number of nitrogens with zero attached hydrogens (tertiary/aromatic N) is 1. The van der Waals surface area contributed by atoms with Crippen molar-refractivity contribution in [3.8, 4) is 6.07 Å². The summed E-state index contributed by atoms with van der Waals surface area (Å²) in [6, 6.07) is 11.5. The molecule has 3 N–H and O–H groups in total. The number of hydrogen-bond donors (Lipinski definition) is 3. The van der Waals surface area contributed by atoms with Crippen LogP contribution in [-0.4, -0.2) is 17.7 Å². The van der Waals surface area contributed by atoms with E-state index >= 15 is 0 Å². The molecule has 1 aromatic carbocycles. The molecule has 0 aliphatic rings. The van der Waals surface area contributed by atoms with Gasteiger partial charge in [-0.2, -0.15) is 5.26 Å². The quantitative estimate of drug-likeness (QED) is 0.410. The maximum absolute atomic E-state index is 8.69. The van der Waals surface area contributed by atoms with Crippen LogP contribution in [0.25, 0.3) is 0 Å². The van der Waals surface area contributed by atoms with Crippen LogP contribution in [0.3, 0.4) is 0 Å². The van der Waals surface area contributed by atoms with Crippen molar-refractivity contribution >= 4 is 23.0 Å². The molecule has 0 spiro atoms. The number of para-hydroxylation sites is 1. The predicted octanol–water partition coefficient (Wildman–Crippen LogP) is 3.18. The van der Waals surface area contributed by atoms with Crippen LogP contribution in [0.5, 0.6) is 0 Å². The summed E-state index contributed by atoms with van der Waals surface area (Å²) in [6.07, 6.45) is 0. The highest BCUT2D eigenvalue weighted by Gasteiger charge is 2.19. The topological polar surface area (TPSA) is 59.9 Å². The Balaban J connectivity index is 2.75. The standard InChI is InChI=1S/C17H22N4S/c1-12(2)13(3)16(14(4)19-11-10-18)21-17(22)20-15-8-6-5-7-9-15/h5-9,12,16,19H,3-4,11H2,1-2H3,(H2,20,21,22)/t16-/m0/s1. The lowest BCUT2D eigenvalue weighted by atomic mass is 9.95. The van der Waals surface area contributed by atoms with Crippen molar-refractivity contribution in [3.63, 3.8) is 0 Å². The van der Waals surface area contributed by atoms with Crippen LogP contribution in [0, 0.1) is 17.2 Å². The SMILES string of the molecule is C=C(NCC#N)[C@@H](NC(=S)Nc1ccccc1)C(=C)C(C)C. The molecule has 0 fully saturated rings. The lowest BCUT2D eigenvalue weighted by Gasteiger charge is -2.27. The number of thiocarbonyl (C=S) groups is 1. The normalized spacial score (nSPS) is 11.2. The monoisotopic (exact) mass is 314 g/mol. The molecule has 4 nitrogen and oxygen atoms in total. The molecule has 0 aromatic heterocycles. The molecule has 0 saturated heterocycles. The smallest absolute Gasteiger partial charge is 0.171 e. The Morgan fingerprint density at radius 2 is 1.91 bits per heavy atom. The molecule has 0 amide bonds. The van der Waals surface area contributed by atoms with Crippen molar-refractivity contribution in [2.75, 3.05) is 11.9 Å². The van der Waals surface area contributed by atoms with Crippen LogP contribution >= 0.6 is 12.2 Å². The highest BCUT2D eigenvalue weighted by atomic mass is 32.1. The van der Waals surface area contributed by atoms with Crippen LogP contribution in [-0.2, 0) is 0 Å². The van der Waals surface area contributed by atoms with E-state index in [0.717, 1.165) is 11.3 Å². The highest BCUT2D eigenvalue weighted by molar-refractivity contribution is 7.80. The van der Waals surface area contributed by atoms with Gasteiger partial charge in [0.2, 0.25) is 0 Å². The number of benzene rings is 1. The minimum atomic E-state index is -0.239. The van der Waals surface area contributed by atoms with E-state index in [1.165, 1.54) is 0 Å². The molecule has 0 bridgehead atoms. The Hall–Kier alpha value is -2.32. The average Bonchev–Trinajstić information content (AvgIpc) is 2.50. The zero-order chi connectivity index (χ0) is 16.5. The lowest BCUT2D eigenvalue weighted by molar-refractivity contribution is 0.629. The molecule has 0 heterocycles. The van der Waals surface area contributed by atoms with E-state index in [4.69, 9.17) is 17.5 Å². The predicted molar refractivity (Wildman–Crippen MR) is 96.3 cm³/mol. The number of nitriles is 1. The second-order valence-electron chi connectivity index (χ2n) is 5.16. The fraction of sp³-hybridized carbons (Fsp3) is 0.294. The second kappa shape index (κ2) is 8.85. The highest BCUT2D eigenvalue weighted by Crippen LogP contribution is 2.16. The number of hydrogen-bond acceptors (Lipinski definition) is 3. The minimum Gasteiger partial charge on any atom is -0.374 e. The zero-order valence-electron chi connectivity index (χ0n) is 13.0. The average molecular weight is 314 g/mol. The van der Waals surface area contributed by atoms with Crippen LogP contribution in [0.1, 0.15) is 13.8 Å². The number of anilines is 1. The summed E-state index contributed by atoms with van der Waals surface area (Å²) >= 11 is 5.35. The van der Waals surface area contributed by atoms with Gasteiger partial charge in [0.05, 0.1) is 12.1 Å². The zero-order valence-corrected chi connectivity index (χ0v) is 13.8. The molecule has 1 aromatic rings. The van der Waals surface area contributed by atoms with Crippen molar-refractivity contribution < 1.29 is 0 Å². The van der Waals surface area contributed by atoms with E-state index in [0.29, 0.717) is 10.8 Å². The maximum atomic E-state index is 8.69. The fourth-order valence-electron chi connectivity index (χ4n) is 1.81. The van der Waals surface area contributed by atoms with E-state index < -0.39 is 0 Å². The first kappa shape index (κ1) is 17.7. The first-order valence-electron chi connectivity index (χ1n) is 7.06. The summed E-state index contributed by atoms with van der Waals surface area (Å²) in [7, 11) is 0. The summed E-state index contributed by atoms with van der Waals surface area (Å²) < 4.78 is 0. The molecule has 116 valence electrons. The van der Waals surface area contributed by atoms with Gasteiger partial charge in [-0.25, -0.2) is 0 Å². The molecule has 22 heavy (non-hydrogen) atoms. The van der Waals surface area contributed by atoms with E-state index in [2.05, 4.69) is 43.0 Å². The summed E-state index contributed by atoms with van der Waals surface area (Å²) in [5.74, 6) is 0.262. The molecule has 1 atom stereocenters. The lowest BCUT2D eigenvalue weighted by Crippen LogP contribution is -2.44.